The van der Waals surface area contributed by atoms with Gasteiger partial charge in [0.2, 0.25) is 5.91 Å². The van der Waals surface area contributed by atoms with Crippen LogP contribution < -0.4 is 19.7 Å². The van der Waals surface area contributed by atoms with Crippen LogP contribution in [0.25, 0.3) is 0 Å². The van der Waals surface area contributed by atoms with Crippen LogP contribution in [0.1, 0.15) is 26.2 Å². The lowest BCUT2D eigenvalue weighted by atomic mass is 10.2. The molecule has 5 heteroatoms. The first-order valence-electron chi connectivity index (χ1n) is 9.56. The van der Waals surface area contributed by atoms with Crippen molar-refractivity contribution in [3.63, 3.8) is 0 Å². The number of anilines is 2. The van der Waals surface area contributed by atoms with Gasteiger partial charge < -0.3 is 19.7 Å². The zero-order chi connectivity index (χ0) is 19.1. The zero-order valence-electron chi connectivity index (χ0n) is 16.1. The van der Waals surface area contributed by atoms with E-state index in [2.05, 4.69) is 29.3 Å². The van der Waals surface area contributed by atoms with E-state index in [1.165, 1.54) is 12.1 Å². The van der Waals surface area contributed by atoms with Crippen LogP contribution in [-0.4, -0.2) is 32.7 Å². The minimum atomic E-state index is 0.0101. The fourth-order valence-corrected chi connectivity index (χ4v) is 3.24. The molecular weight excluding hydrogens is 340 g/mol. The summed E-state index contributed by atoms with van der Waals surface area (Å²) in [6, 6.07) is 15.6. The van der Waals surface area contributed by atoms with Crippen molar-refractivity contribution in [1.82, 2.24) is 0 Å². The van der Waals surface area contributed by atoms with Crippen molar-refractivity contribution in [2.75, 3.05) is 37.0 Å². The zero-order valence-corrected chi connectivity index (χ0v) is 16.1. The number of nitrogens with one attached hydrogen (secondary N) is 1. The third-order valence-corrected chi connectivity index (χ3v) is 4.82. The molecule has 0 aromatic heterocycles. The van der Waals surface area contributed by atoms with Crippen molar-refractivity contribution in [2.45, 2.75) is 26.2 Å². The predicted molar refractivity (Wildman–Crippen MR) is 109 cm³/mol. The summed E-state index contributed by atoms with van der Waals surface area (Å²) < 4.78 is 10.8. The highest BCUT2D eigenvalue weighted by atomic mass is 16.5. The van der Waals surface area contributed by atoms with Crippen LogP contribution in [0.2, 0.25) is 0 Å². The first-order chi connectivity index (χ1) is 13.1. The lowest BCUT2D eigenvalue weighted by molar-refractivity contribution is -0.116. The Morgan fingerprint density at radius 2 is 1.81 bits per heavy atom. The number of benzene rings is 2. The minimum Gasteiger partial charge on any atom is -0.497 e. The fourth-order valence-electron chi connectivity index (χ4n) is 3.24. The Bertz CT molecular complexity index is 728. The van der Waals surface area contributed by atoms with Crippen LogP contribution in [0.15, 0.2) is 48.5 Å². The van der Waals surface area contributed by atoms with Crippen LogP contribution in [0.4, 0.5) is 11.4 Å². The van der Waals surface area contributed by atoms with Crippen LogP contribution in [0, 0.1) is 5.92 Å². The molecule has 1 amide bonds. The molecule has 2 aromatic rings. The molecule has 5 nitrogen and oxygen atoms in total. The van der Waals surface area contributed by atoms with E-state index in [0.717, 1.165) is 36.2 Å². The van der Waals surface area contributed by atoms with E-state index in [9.17, 15) is 4.79 Å². The summed E-state index contributed by atoms with van der Waals surface area (Å²) in [6.45, 7) is 5.01. The Labute approximate surface area is 161 Å². The standard InChI is InChI=1S/C22H28N2O3/c1-17-13-14-24(16-17)19-7-5-18(6-8-19)23-22(25)4-3-15-27-21-11-9-20(26-2)10-12-21/h5-12,17H,3-4,13-16H2,1-2H3,(H,23,25). The number of hydrogen-bond acceptors (Lipinski definition) is 4. The number of carbonyl (C=O) groups excluding carboxylic acids is 1. The maximum absolute atomic E-state index is 12.1. The summed E-state index contributed by atoms with van der Waals surface area (Å²) >= 11 is 0. The third kappa shape index (κ3) is 5.64. The molecule has 0 bridgehead atoms. The van der Waals surface area contributed by atoms with Crippen molar-refractivity contribution in [1.29, 1.82) is 0 Å². The minimum absolute atomic E-state index is 0.0101. The smallest absolute Gasteiger partial charge is 0.224 e. The van der Waals surface area contributed by atoms with Crippen molar-refractivity contribution in [3.05, 3.63) is 48.5 Å². The molecule has 3 rings (SSSR count). The number of carbonyl (C=O) groups is 1. The van der Waals surface area contributed by atoms with Gasteiger partial charge in [0.25, 0.3) is 0 Å². The number of methoxy groups -OCH3 is 1. The van der Waals surface area contributed by atoms with Gasteiger partial charge in [0, 0.05) is 30.9 Å². The lowest BCUT2D eigenvalue weighted by Crippen LogP contribution is -2.19. The van der Waals surface area contributed by atoms with E-state index in [0.29, 0.717) is 19.4 Å². The second-order valence-corrected chi connectivity index (χ2v) is 7.06. The molecule has 1 N–H and O–H groups in total. The molecule has 0 spiro atoms. The Kier molecular flexibility index (Phi) is 6.58. The Morgan fingerprint density at radius 3 is 2.44 bits per heavy atom. The molecule has 0 aliphatic carbocycles. The molecule has 1 fully saturated rings. The second-order valence-electron chi connectivity index (χ2n) is 7.06. The molecule has 0 radical (unpaired) electrons. The number of ether oxygens (including phenoxy) is 2. The van der Waals surface area contributed by atoms with Gasteiger partial charge in [-0.3, -0.25) is 4.79 Å². The van der Waals surface area contributed by atoms with Crippen LogP contribution in [-0.2, 0) is 4.79 Å². The quantitative estimate of drug-likeness (QED) is 0.704. The van der Waals surface area contributed by atoms with Gasteiger partial charge in [0.05, 0.1) is 13.7 Å². The maximum Gasteiger partial charge on any atom is 0.224 e. The van der Waals surface area contributed by atoms with Crippen molar-refractivity contribution in [2.24, 2.45) is 5.92 Å². The Hall–Kier alpha value is -2.69. The molecule has 1 saturated heterocycles. The van der Waals surface area contributed by atoms with E-state index in [-0.39, 0.29) is 5.91 Å². The van der Waals surface area contributed by atoms with Gasteiger partial charge in [-0.25, -0.2) is 0 Å². The number of nitrogens with zero attached hydrogens (tertiary/aromatic N) is 1. The molecule has 1 aliphatic rings. The van der Waals surface area contributed by atoms with E-state index in [4.69, 9.17) is 9.47 Å². The van der Waals surface area contributed by atoms with Gasteiger partial charge in [-0.15, -0.1) is 0 Å². The largest absolute Gasteiger partial charge is 0.497 e. The van der Waals surface area contributed by atoms with Crippen molar-refractivity contribution in [3.8, 4) is 11.5 Å². The monoisotopic (exact) mass is 368 g/mol. The fraction of sp³-hybridized carbons (Fsp3) is 0.409. The summed E-state index contributed by atoms with van der Waals surface area (Å²) in [5.74, 6) is 2.34. The van der Waals surface area contributed by atoms with E-state index < -0.39 is 0 Å². The van der Waals surface area contributed by atoms with Gasteiger partial charge in [-0.2, -0.15) is 0 Å². The first kappa shape index (κ1) is 19.1. The first-order valence-corrected chi connectivity index (χ1v) is 9.56. The van der Waals surface area contributed by atoms with Crippen LogP contribution >= 0.6 is 0 Å². The normalized spacial score (nSPS) is 16.2. The summed E-state index contributed by atoms with van der Waals surface area (Å²) in [7, 11) is 1.63. The molecular formula is C22H28N2O3. The van der Waals surface area contributed by atoms with E-state index in [1.54, 1.807) is 7.11 Å². The Morgan fingerprint density at radius 1 is 1.11 bits per heavy atom. The molecule has 1 unspecified atom stereocenters. The van der Waals surface area contributed by atoms with Crippen molar-refractivity contribution < 1.29 is 14.3 Å². The molecule has 1 heterocycles. The summed E-state index contributed by atoms with van der Waals surface area (Å²) in [6.07, 6.45) is 2.35. The molecule has 2 aromatic carbocycles. The summed E-state index contributed by atoms with van der Waals surface area (Å²) in [4.78, 5) is 14.5. The van der Waals surface area contributed by atoms with E-state index in [1.807, 2.05) is 36.4 Å². The molecule has 1 aliphatic heterocycles. The highest BCUT2D eigenvalue weighted by Crippen LogP contribution is 2.25. The van der Waals surface area contributed by atoms with Crippen LogP contribution in [0.3, 0.4) is 0 Å². The van der Waals surface area contributed by atoms with Gasteiger partial charge >= 0.3 is 0 Å². The average molecular weight is 368 g/mol. The molecule has 27 heavy (non-hydrogen) atoms. The van der Waals surface area contributed by atoms with Crippen LogP contribution in [0.5, 0.6) is 11.5 Å². The Balaban J connectivity index is 1.37. The van der Waals surface area contributed by atoms with Gasteiger partial charge in [-0.05, 0) is 67.3 Å². The molecule has 0 saturated carbocycles. The topological polar surface area (TPSA) is 50.8 Å². The number of amides is 1. The highest BCUT2D eigenvalue weighted by Gasteiger charge is 2.18. The third-order valence-electron chi connectivity index (χ3n) is 4.82. The lowest BCUT2D eigenvalue weighted by Gasteiger charge is -2.18. The number of rotatable bonds is 8. The van der Waals surface area contributed by atoms with Gasteiger partial charge in [0.15, 0.2) is 0 Å². The number of hydrogen-bond donors (Lipinski definition) is 1. The second kappa shape index (κ2) is 9.31. The van der Waals surface area contributed by atoms with E-state index >= 15 is 0 Å². The predicted octanol–water partition coefficient (Wildman–Crippen LogP) is 4.34. The van der Waals surface area contributed by atoms with Crippen molar-refractivity contribution >= 4 is 17.3 Å². The maximum atomic E-state index is 12.1. The highest BCUT2D eigenvalue weighted by molar-refractivity contribution is 5.90. The summed E-state index contributed by atoms with van der Waals surface area (Å²) in [5.41, 5.74) is 2.07. The summed E-state index contributed by atoms with van der Waals surface area (Å²) in [5, 5.41) is 2.95. The molecule has 144 valence electrons. The van der Waals surface area contributed by atoms with Gasteiger partial charge in [-0.1, -0.05) is 6.92 Å². The van der Waals surface area contributed by atoms with Gasteiger partial charge in [0.1, 0.15) is 11.5 Å². The average Bonchev–Trinajstić information content (AvgIpc) is 3.13. The molecule has 1 atom stereocenters. The SMILES string of the molecule is COc1ccc(OCCCC(=O)Nc2ccc(N3CCC(C)C3)cc2)cc1.